The summed E-state index contributed by atoms with van der Waals surface area (Å²) in [5.41, 5.74) is 1.88. The molecule has 1 atom stereocenters. The van der Waals surface area contributed by atoms with Gasteiger partial charge in [0, 0.05) is 6.54 Å². The lowest BCUT2D eigenvalue weighted by Crippen LogP contribution is -2.25. The topological polar surface area (TPSA) is 29.5 Å². The summed E-state index contributed by atoms with van der Waals surface area (Å²) in [6.07, 6.45) is 0.903. The number of nitrogens with zero attached hydrogens (tertiary/aromatic N) is 1. The highest BCUT2D eigenvalue weighted by Crippen LogP contribution is 2.28. The van der Waals surface area contributed by atoms with E-state index in [9.17, 15) is 4.79 Å². The number of hydrogen-bond donors (Lipinski definition) is 0. The average Bonchev–Trinajstić information content (AvgIpc) is 2.51. The van der Waals surface area contributed by atoms with Crippen molar-refractivity contribution in [2.75, 3.05) is 14.2 Å². The van der Waals surface area contributed by atoms with Crippen LogP contribution in [0.2, 0.25) is 10.0 Å². The fraction of sp³-hybridized carbons (Fsp3) is 0.235. The zero-order valence-corrected chi connectivity index (χ0v) is 13.9. The van der Waals surface area contributed by atoms with Crippen LogP contribution in [0.1, 0.15) is 17.2 Å². The number of halogens is 2. The van der Waals surface area contributed by atoms with E-state index in [1.807, 2.05) is 42.3 Å². The molecule has 0 spiro atoms. The fourth-order valence-electron chi connectivity index (χ4n) is 2.29. The first kappa shape index (κ1) is 16.8. The maximum atomic E-state index is 11.5. The maximum absolute atomic E-state index is 11.5. The lowest BCUT2D eigenvalue weighted by Gasteiger charge is -2.24. The van der Waals surface area contributed by atoms with Crippen molar-refractivity contribution < 1.29 is 9.53 Å². The van der Waals surface area contributed by atoms with Crippen LogP contribution in [0.15, 0.2) is 42.5 Å². The van der Waals surface area contributed by atoms with Gasteiger partial charge in [-0.05, 0) is 42.4 Å². The largest absolute Gasteiger partial charge is 0.497 e. The number of benzene rings is 2. The van der Waals surface area contributed by atoms with Crippen molar-refractivity contribution in [3.8, 4) is 5.75 Å². The minimum Gasteiger partial charge on any atom is -0.497 e. The van der Waals surface area contributed by atoms with Crippen LogP contribution in [-0.2, 0) is 11.3 Å². The molecule has 5 heteroatoms. The smallest absolute Gasteiger partial charge is 0.141 e. The van der Waals surface area contributed by atoms with Crippen LogP contribution in [0.25, 0.3) is 0 Å². The van der Waals surface area contributed by atoms with Crippen LogP contribution in [0.3, 0.4) is 0 Å². The molecule has 1 unspecified atom stereocenters. The van der Waals surface area contributed by atoms with Gasteiger partial charge in [-0.15, -0.1) is 0 Å². The number of rotatable bonds is 6. The van der Waals surface area contributed by atoms with Crippen molar-refractivity contribution in [3.05, 3.63) is 63.6 Å². The average molecular weight is 338 g/mol. The van der Waals surface area contributed by atoms with E-state index in [0.717, 1.165) is 23.2 Å². The molecular formula is C17H17Cl2NO2. The van der Waals surface area contributed by atoms with Gasteiger partial charge < -0.3 is 9.53 Å². The van der Waals surface area contributed by atoms with Gasteiger partial charge in [0.2, 0.25) is 0 Å². The lowest BCUT2D eigenvalue weighted by atomic mass is 10.1. The van der Waals surface area contributed by atoms with Crippen LogP contribution in [0, 0.1) is 0 Å². The molecule has 22 heavy (non-hydrogen) atoms. The van der Waals surface area contributed by atoms with E-state index in [-0.39, 0.29) is 6.04 Å². The summed E-state index contributed by atoms with van der Waals surface area (Å²) < 4.78 is 5.22. The van der Waals surface area contributed by atoms with Gasteiger partial charge in [-0.25, -0.2) is 0 Å². The molecule has 0 N–H and O–H groups in total. The highest BCUT2D eigenvalue weighted by molar-refractivity contribution is 6.42. The van der Waals surface area contributed by atoms with E-state index in [2.05, 4.69) is 0 Å². The molecule has 116 valence electrons. The second-order valence-electron chi connectivity index (χ2n) is 5.02. The van der Waals surface area contributed by atoms with Gasteiger partial charge in [0.1, 0.15) is 12.0 Å². The normalized spacial score (nSPS) is 12.2. The molecule has 0 saturated carbocycles. The Morgan fingerprint density at radius 1 is 1.18 bits per heavy atom. The molecule has 0 amide bonds. The predicted octanol–water partition coefficient (Wildman–Crippen LogP) is 4.37. The van der Waals surface area contributed by atoms with Crippen LogP contribution in [0.4, 0.5) is 0 Å². The van der Waals surface area contributed by atoms with Crippen molar-refractivity contribution in [3.63, 3.8) is 0 Å². The number of hydrogen-bond acceptors (Lipinski definition) is 3. The van der Waals surface area contributed by atoms with E-state index >= 15 is 0 Å². The van der Waals surface area contributed by atoms with Crippen LogP contribution in [-0.4, -0.2) is 25.3 Å². The summed E-state index contributed by atoms with van der Waals surface area (Å²) >= 11 is 12.0. The van der Waals surface area contributed by atoms with Crippen LogP contribution < -0.4 is 4.74 Å². The molecular weight excluding hydrogens is 321 g/mol. The van der Waals surface area contributed by atoms with Crippen molar-refractivity contribution >= 4 is 29.5 Å². The molecule has 0 heterocycles. The first-order valence-electron chi connectivity index (χ1n) is 6.78. The minimum absolute atomic E-state index is 0.388. The Labute approximate surface area is 140 Å². The van der Waals surface area contributed by atoms with E-state index in [1.54, 1.807) is 19.2 Å². The lowest BCUT2D eigenvalue weighted by molar-refractivity contribution is -0.112. The van der Waals surface area contributed by atoms with Crippen molar-refractivity contribution in [2.45, 2.75) is 12.6 Å². The van der Waals surface area contributed by atoms with E-state index in [0.29, 0.717) is 16.6 Å². The summed E-state index contributed by atoms with van der Waals surface area (Å²) in [6, 6.07) is 12.6. The van der Waals surface area contributed by atoms with E-state index in [4.69, 9.17) is 27.9 Å². The van der Waals surface area contributed by atoms with Gasteiger partial charge >= 0.3 is 0 Å². The highest BCUT2D eigenvalue weighted by Gasteiger charge is 2.17. The maximum Gasteiger partial charge on any atom is 0.141 e. The SMILES string of the molecule is COc1cccc(CN(C)C(C=O)c2ccc(Cl)c(Cl)c2)c1. The number of aldehydes is 1. The number of carbonyl (C=O) groups excluding carboxylic acids is 1. The molecule has 2 aromatic carbocycles. The molecule has 2 aromatic rings. The molecule has 0 aliphatic rings. The molecule has 0 aliphatic heterocycles. The fourth-order valence-corrected chi connectivity index (χ4v) is 2.60. The predicted molar refractivity (Wildman–Crippen MR) is 89.7 cm³/mol. The Kier molecular flexibility index (Phi) is 5.83. The first-order chi connectivity index (χ1) is 10.5. The first-order valence-corrected chi connectivity index (χ1v) is 7.54. The zero-order valence-electron chi connectivity index (χ0n) is 12.4. The molecule has 0 bridgehead atoms. The summed E-state index contributed by atoms with van der Waals surface area (Å²) in [4.78, 5) is 13.5. The number of methoxy groups -OCH3 is 1. The number of carbonyl (C=O) groups is 1. The summed E-state index contributed by atoms with van der Waals surface area (Å²) in [7, 11) is 3.52. The second kappa shape index (κ2) is 7.63. The van der Waals surface area contributed by atoms with Crippen molar-refractivity contribution in [1.29, 1.82) is 0 Å². The summed E-state index contributed by atoms with van der Waals surface area (Å²) in [5.74, 6) is 0.795. The Balaban J connectivity index is 2.19. The Morgan fingerprint density at radius 2 is 1.95 bits per heavy atom. The summed E-state index contributed by atoms with van der Waals surface area (Å²) in [6.45, 7) is 0.612. The Morgan fingerprint density at radius 3 is 2.59 bits per heavy atom. The number of likely N-dealkylation sites (N-methyl/N-ethyl adjacent to an activating group) is 1. The van der Waals surface area contributed by atoms with Crippen molar-refractivity contribution in [1.82, 2.24) is 4.90 Å². The quantitative estimate of drug-likeness (QED) is 0.733. The summed E-state index contributed by atoms with van der Waals surface area (Å²) in [5, 5.41) is 0.923. The third kappa shape index (κ3) is 4.01. The van der Waals surface area contributed by atoms with E-state index in [1.165, 1.54) is 0 Å². The van der Waals surface area contributed by atoms with Crippen LogP contribution >= 0.6 is 23.2 Å². The Hall–Kier alpha value is -1.55. The second-order valence-corrected chi connectivity index (χ2v) is 5.84. The zero-order chi connectivity index (χ0) is 16.1. The van der Waals surface area contributed by atoms with E-state index < -0.39 is 0 Å². The van der Waals surface area contributed by atoms with Gasteiger partial charge in [0.15, 0.2) is 0 Å². The van der Waals surface area contributed by atoms with Crippen molar-refractivity contribution in [2.24, 2.45) is 0 Å². The standard InChI is InChI=1S/C17H17Cl2NO2/c1-20(10-12-4-3-5-14(8-12)22-2)17(11-21)13-6-7-15(18)16(19)9-13/h3-9,11,17H,10H2,1-2H3. The van der Waals surface area contributed by atoms with Gasteiger partial charge in [0.25, 0.3) is 0 Å². The number of ether oxygens (including phenoxy) is 1. The Bertz CT molecular complexity index is 661. The van der Waals surface area contributed by atoms with Gasteiger partial charge in [-0.1, -0.05) is 41.4 Å². The molecule has 0 radical (unpaired) electrons. The third-order valence-electron chi connectivity index (χ3n) is 3.46. The van der Waals surface area contributed by atoms with Gasteiger partial charge in [-0.3, -0.25) is 4.90 Å². The highest BCUT2D eigenvalue weighted by atomic mass is 35.5. The molecule has 0 aromatic heterocycles. The van der Waals surface area contributed by atoms with Gasteiger partial charge in [0.05, 0.1) is 23.2 Å². The molecule has 0 fully saturated rings. The monoisotopic (exact) mass is 337 g/mol. The minimum atomic E-state index is -0.388. The van der Waals surface area contributed by atoms with Gasteiger partial charge in [-0.2, -0.15) is 0 Å². The van der Waals surface area contributed by atoms with Crippen LogP contribution in [0.5, 0.6) is 5.75 Å². The molecule has 2 rings (SSSR count). The molecule has 0 aliphatic carbocycles. The molecule has 0 saturated heterocycles. The third-order valence-corrected chi connectivity index (χ3v) is 4.19. The molecule has 3 nitrogen and oxygen atoms in total.